The summed E-state index contributed by atoms with van der Waals surface area (Å²) in [6, 6.07) is 20.1. The summed E-state index contributed by atoms with van der Waals surface area (Å²) >= 11 is 0. The van der Waals surface area contributed by atoms with Crippen molar-refractivity contribution in [1.29, 1.82) is 0 Å². The van der Waals surface area contributed by atoms with Gasteiger partial charge in [0, 0.05) is 36.6 Å². The minimum absolute atomic E-state index is 0.0401. The Hall–Kier alpha value is -4.44. The van der Waals surface area contributed by atoms with Gasteiger partial charge in [-0.05, 0) is 84.6 Å². The monoisotopic (exact) mass is 639 g/mol. The van der Waals surface area contributed by atoms with Crippen LogP contribution in [0.4, 0.5) is 0 Å². The number of hydrogen-bond acceptors (Lipinski definition) is 8. The molecular weight excluding hydrogens is 596 g/mol. The largest absolute Gasteiger partial charge is 0.493 e. The summed E-state index contributed by atoms with van der Waals surface area (Å²) in [7, 11) is 10.6. The van der Waals surface area contributed by atoms with Gasteiger partial charge in [0.25, 0.3) is 0 Å². The fourth-order valence-corrected chi connectivity index (χ4v) is 7.43. The maximum Gasteiger partial charge on any atom is 0.204 e. The first kappa shape index (κ1) is 31.2. The standard InChI is InChI=1S/C38H43N2O7/c1-39-15-13-26-21-35(44-5)37(45-6)38-36(26)29(39)17-24-9-12-31(42-3)33(19-24)46-27-10-7-23(8-11-27)18-30-28-22-34(47-38)32(43-4)20-25(28)14-16-40(30,2)41/h7-12,19-22,29-30,41H,13-18H2,1-6H3/q+1. The Morgan fingerprint density at radius 2 is 1.45 bits per heavy atom. The lowest BCUT2D eigenvalue weighted by Crippen LogP contribution is -2.49. The quantitative estimate of drug-likeness (QED) is 0.238. The van der Waals surface area contributed by atoms with Crippen LogP contribution in [0.15, 0.2) is 60.7 Å². The van der Waals surface area contributed by atoms with Gasteiger partial charge in [0.2, 0.25) is 5.75 Å². The highest BCUT2D eigenvalue weighted by atomic mass is 16.6. The van der Waals surface area contributed by atoms with Crippen molar-refractivity contribution in [2.45, 2.75) is 37.8 Å². The molecule has 4 aromatic rings. The van der Waals surface area contributed by atoms with Gasteiger partial charge in [0.05, 0.1) is 35.5 Å². The third-order valence-corrected chi connectivity index (χ3v) is 10.1. The number of quaternary nitrogens is 1. The molecule has 3 atom stereocenters. The zero-order chi connectivity index (χ0) is 32.9. The molecule has 0 fully saturated rings. The van der Waals surface area contributed by atoms with Crippen LogP contribution in [0.2, 0.25) is 0 Å². The van der Waals surface area contributed by atoms with Crippen LogP contribution in [0.3, 0.4) is 0 Å². The second kappa shape index (κ2) is 12.3. The number of methoxy groups -OCH3 is 4. The molecule has 0 aliphatic carbocycles. The molecule has 4 aromatic carbocycles. The van der Waals surface area contributed by atoms with E-state index in [1.165, 1.54) is 0 Å². The van der Waals surface area contributed by atoms with E-state index in [0.717, 1.165) is 52.1 Å². The van der Waals surface area contributed by atoms with Crippen LogP contribution in [0, 0.1) is 0 Å². The van der Waals surface area contributed by atoms with E-state index in [4.69, 9.17) is 28.4 Å². The van der Waals surface area contributed by atoms with Crippen LogP contribution < -0.4 is 28.4 Å². The van der Waals surface area contributed by atoms with Crippen molar-refractivity contribution >= 4 is 0 Å². The van der Waals surface area contributed by atoms with Crippen molar-refractivity contribution < 1.29 is 38.3 Å². The number of likely N-dealkylation sites (N-methyl/N-ethyl adjacent to an activating group) is 2. The maximum absolute atomic E-state index is 11.7. The topological polar surface area (TPSA) is 78.9 Å². The maximum atomic E-state index is 11.7. The molecule has 4 aliphatic heterocycles. The first-order chi connectivity index (χ1) is 22.7. The average molecular weight is 640 g/mol. The molecule has 0 aromatic heterocycles. The lowest BCUT2D eigenvalue weighted by molar-refractivity contribution is -1.11. The van der Waals surface area contributed by atoms with Crippen LogP contribution in [0.25, 0.3) is 0 Å². The number of nitrogens with zero attached hydrogens (tertiary/aromatic N) is 2. The molecular formula is C38H43N2O7+. The van der Waals surface area contributed by atoms with Crippen molar-refractivity contribution in [2.75, 3.05) is 55.6 Å². The molecule has 0 amide bonds. The van der Waals surface area contributed by atoms with E-state index < -0.39 is 0 Å². The summed E-state index contributed by atoms with van der Waals surface area (Å²) in [5, 5.41) is 11.7. The van der Waals surface area contributed by atoms with Gasteiger partial charge in [0.15, 0.2) is 34.5 Å². The molecule has 246 valence electrons. The fraction of sp³-hybridized carbons (Fsp3) is 0.368. The molecule has 6 bridgehead atoms. The zero-order valence-electron chi connectivity index (χ0n) is 28.0. The molecule has 1 N–H and O–H groups in total. The molecule has 0 radical (unpaired) electrons. The lowest BCUT2D eigenvalue weighted by atomic mass is 9.87. The Morgan fingerprint density at radius 1 is 0.745 bits per heavy atom. The Kier molecular flexibility index (Phi) is 8.16. The zero-order valence-corrected chi connectivity index (χ0v) is 28.0. The lowest BCUT2D eigenvalue weighted by Gasteiger charge is -2.39. The number of hydrogen-bond donors (Lipinski definition) is 1. The predicted molar refractivity (Wildman–Crippen MR) is 178 cm³/mol. The molecule has 0 saturated heterocycles. The molecule has 0 spiro atoms. The predicted octanol–water partition coefficient (Wildman–Crippen LogP) is 7.07. The molecule has 4 heterocycles. The van der Waals surface area contributed by atoms with Crippen LogP contribution in [-0.2, 0) is 25.7 Å². The third-order valence-electron chi connectivity index (χ3n) is 10.1. The minimum atomic E-state index is -0.227. The number of ether oxygens (including phenoxy) is 6. The summed E-state index contributed by atoms with van der Waals surface area (Å²) in [6.45, 7) is 1.46. The van der Waals surface area contributed by atoms with E-state index in [9.17, 15) is 5.21 Å². The third kappa shape index (κ3) is 5.62. The average Bonchev–Trinajstić information content (AvgIpc) is 3.07. The Labute approximate surface area is 276 Å². The first-order valence-corrected chi connectivity index (χ1v) is 16.1. The molecule has 9 nitrogen and oxygen atoms in total. The van der Waals surface area contributed by atoms with Crippen LogP contribution in [-0.4, -0.2) is 70.4 Å². The van der Waals surface area contributed by atoms with Gasteiger partial charge in [-0.2, -0.15) is 4.65 Å². The van der Waals surface area contributed by atoms with Gasteiger partial charge < -0.3 is 28.4 Å². The smallest absolute Gasteiger partial charge is 0.204 e. The second-order valence-electron chi connectivity index (χ2n) is 12.9. The van der Waals surface area contributed by atoms with Crippen LogP contribution in [0.1, 0.15) is 45.5 Å². The van der Waals surface area contributed by atoms with Crippen molar-refractivity contribution in [3.05, 3.63) is 94.0 Å². The van der Waals surface area contributed by atoms with E-state index in [-0.39, 0.29) is 16.7 Å². The summed E-state index contributed by atoms with van der Waals surface area (Å²) in [5.74, 6) is 4.97. The number of rotatable bonds is 4. The molecule has 0 saturated carbocycles. The van der Waals surface area contributed by atoms with Crippen LogP contribution >= 0.6 is 0 Å². The normalized spacial score (nSPS) is 21.8. The van der Waals surface area contributed by atoms with Gasteiger partial charge >= 0.3 is 0 Å². The minimum Gasteiger partial charge on any atom is -0.493 e. The highest BCUT2D eigenvalue weighted by molar-refractivity contribution is 5.63. The van der Waals surface area contributed by atoms with Gasteiger partial charge in [0.1, 0.15) is 18.3 Å². The fourth-order valence-electron chi connectivity index (χ4n) is 7.43. The van der Waals surface area contributed by atoms with Gasteiger partial charge in [-0.15, -0.1) is 0 Å². The van der Waals surface area contributed by atoms with Crippen molar-refractivity contribution in [3.63, 3.8) is 0 Å². The van der Waals surface area contributed by atoms with Gasteiger partial charge in [-0.25, -0.2) is 5.21 Å². The van der Waals surface area contributed by atoms with Gasteiger partial charge in [-0.3, -0.25) is 4.90 Å². The van der Waals surface area contributed by atoms with E-state index in [2.05, 4.69) is 48.3 Å². The first-order valence-electron chi connectivity index (χ1n) is 16.1. The number of benzene rings is 4. The van der Waals surface area contributed by atoms with E-state index in [1.807, 2.05) is 31.3 Å². The second-order valence-corrected chi connectivity index (χ2v) is 12.9. The highest BCUT2D eigenvalue weighted by Gasteiger charge is 2.40. The number of fused-ring (bicyclic) bond motifs is 2. The Bertz CT molecular complexity index is 1800. The SMILES string of the molecule is COc1ccc2cc1Oc1ccc(cc1)CC1c3cc(c(OC)cc3CC[N+]1(C)O)Oc1c(OC)c(OC)cc3c1C(C2)N(C)CC3. The molecule has 4 aliphatic rings. The summed E-state index contributed by atoms with van der Waals surface area (Å²) in [4.78, 5) is 2.36. The molecule has 9 heteroatoms. The molecule has 47 heavy (non-hydrogen) atoms. The van der Waals surface area contributed by atoms with E-state index >= 15 is 0 Å². The highest BCUT2D eigenvalue weighted by Crippen LogP contribution is 2.52. The molecule has 3 unspecified atom stereocenters. The van der Waals surface area contributed by atoms with E-state index in [0.29, 0.717) is 66.1 Å². The van der Waals surface area contributed by atoms with Crippen molar-refractivity contribution in [3.8, 4) is 46.0 Å². The number of hydroxylamine groups is 3. The van der Waals surface area contributed by atoms with Crippen LogP contribution in [0.5, 0.6) is 46.0 Å². The Balaban J connectivity index is 1.48. The van der Waals surface area contributed by atoms with E-state index in [1.54, 1.807) is 28.4 Å². The summed E-state index contributed by atoms with van der Waals surface area (Å²) < 4.78 is 36.8. The van der Waals surface area contributed by atoms with Gasteiger partial charge in [-0.1, -0.05) is 18.2 Å². The summed E-state index contributed by atoms with van der Waals surface area (Å²) in [6.07, 6.45) is 2.86. The summed E-state index contributed by atoms with van der Waals surface area (Å²) in [5.41, 5.74) is 6.55. The van der Waals surface area contributed by atoms with Crippen molar-refractivity contribution in [1.82, 2.24) is 4.90 Å². The molecule has 8 rings (SSSR count). The van der Waals surface area contributed by atoms with Crippen molar-refractivity contribution in [2.24, 2.45) is 0 Å². The Morgan fingerprint density at radius 3 is 2.17 bits per heavy atom.